The summed E-state index contributed by atoms with van der Waals surface area (Å²) in [5, 5.41) is 10.1. The van der Waals surface area contributed by atoms with Crippen LogP contribution in [0.25, 0.3) is 17.3 Å². The molecule has 4 aromatic rings. The number of nitrogens with one attached hydrogen (secondary N) is 1. The molecule has 1 aliphatic rings. The summed E-state index contributed by atoms with van der Waals surface area (Å²) in [6.07, 6.45) is 1.10. The molecule has 0 saturated carbocycles. The molecule has 5 rings (SSSR count). The molecule has 222 valence electrons. The molecule has 0 unspecified atom stereocenters. The molecule has 0 aliphatic carbocycles. The Morgan fingerprint density at radius 3 is 2.47 bits per heavy atom. The highest BCUT2D eigenvalue weighted by molar-refractivity contribution is 6.35. The van der Waals surface area contributed by atoms with Crippen LogP contribution in [0.5, 0.6) is 5.75 Å². The maximum Gasteiger partial charge on any atom is 0.527 e. The molecule has 0 radical (unpaired) electrons. The van der Waals surface area contributed by atoms with Crippen molar-refractivity contribution in [3.63, 3.8) is 0 Å². The van der Waals surface area contributed by atoms with E-state index in [0.717, 1.165) is 16.7 Å². The minimum atomic E-state index is -0.841. The maximum atomic E-state index is 13.8. The van der Waals surface area contributed by atoms with Gasteiger partial charge in [-0.05, 0) is 67.0 Å². The number of benzene rings is 3. The summed E-state index contributed by atoms with van der Waals surface area (Å²) >= 11 is 12.9. The molecule has 0 saturated heterocycles. The van der Waals surface area contributed by atoms with Crippen molar-refractivity contribution < 1.29 is 23.9 Å². The standard InChI is InChI=1S/C32H30Cl2N4O5/c1-4-42-32(40)43-37-18-23(16-21-10-13-25(41-3)14-11-21)30-26(19-37)29(31(39)35-20(2)22-8-6-5-7-9-22)36-38(30)28-15-12-24(33)17-27(28)34/h5-17,20H,4,18-19H2,1-3H3,(H,35,39)/b23-16+/t20-/m1/s1. The van der Waals surface area contributed by atoms with Crippen molar-refractivity contribution in [2.75, 3.05) is 20.3 Å². The number of nitrogens with zero attached hydrogens (tertiary/aromatic N) is 3. The lowest BCUT2D eigenvalue weighted by molar-refractivity contribution is -0.126. The molecule has 3 aromatic carbocycles. The van der Waals surface area contributed by atoms with Gasteiger partial charge in [0.2, 0.25) is 0 Å². The number of fused-ring (bicyclic) bond motifs is 1. The van der Waals surface area contributed by atoms with Gasteiger partial charge < -0.3 is 19.6 Å². The lowest BCUT2D eigenvalue weighted by Gasteiger charge is -2.28. The van der Waals surface area contributed by atoms with Gasteiger partial charge in [-0.1, -0.05) is 65.7 Å². The highest BCUT2D eigenvalue weighted by Crippen LogP contribution is 2.36. The van der Waals surface area contributed by atoms with Gasteiger partial charge in [-0.15, -0.1) is 5.06 Å². The van der Waals surface area contributed by atoms with Gasteiger partial charge in [0.25, 0.3) is 5.91 Å². The molecular formula is C32H30Cl2N4O5. The second kappa shape index (κ2) is 13.3. The first-order chi connectivity index (χ1) is 20.8. The van der Waals surface area contributed by atoms with E-state index >= 15 is 0 Å². The van der Waals surface area contributed by atoms with Crippen LogP contribution in [0.2, 0.25) is 10.0 Å². The number of ether oxygens (including phenoxy) is 2. The monoisotopic (exact) mass is 620 g/mol. The van der Waals surface area contributed by atoms with E-state index in [1.165, 1.54) is 5.06 Å². The van der Waals surface area contributed by atoms with Gasteiger partial charge in [0.1, 0.15) is 5.75 Å². The van der Waals surface area contributed by atoms with E-state index < -0.39 is 12.1 Å². The predicted molar refractivity (Wildman–Crippen MR) is 165 cm³/mol. The lowest BCUT2D eigenvalue weighted by Crippen LogP contribution is -2.34. The van der Waals surface area contributed by atoms with Gasteiger partial charge in [0.15, 0.2) is 5.69 Å². The van der Waals surface area contributed by atoms with Gasteiger partial charge in [-0.2, -0.15) is 5.10 Å². The Labute approximate surface area is 259 Å². The number of carbonyl (C=O) groups excluding carboxylic acids is 2. The van der Waals surface area contributed by atoms with Crippen LogP contribution in [-0.4, -0.2) is 47.2 Å². The Bertz CT molecular complexity index is 1650. The third-order valence-electron chi connectivity index (χ3n) is 6.89. The summed E-state index contributed by atoms with van der Waals surface area (Å²) in [5.41, 5.74) is 4.44. The molecule has 0 spiro atoms. The van der Waals surface area contributed by atoms with Crippen LogP contribution in [0, 0.1) is 0 Å². The third kappa shape index (κ3) is 6.85. The molecule has 0 fully saturated rings. The zero-order valence-corrected chi connectivity index (χ0v) is 25.4. The first kappa shape index (κ1) is 30.2. The van der Waals surface area contributed by atoms with Gasteiger partial charge >= 0.3 is 6.16 Å². The Morgan fingerprint density at radius 2 is 1.79 bits per heavy atom. The summed E-state index contributed by atoms with van der Waals surface area (Å²) < 4.78 is 12.0. The minimum Gasteiger partial charge on any atom is -0.497 e. The van der Waals surface area contributed by atoms with Gasteiger partial charge in [-0.25, -0.2) is 9.48 Å². The topological polar surface area (TPSA) is 94.9 Å². The third-order valence-corrected chi connectivity index (χ3v) is 7.43. The van der Waals surface area contributed by atoms with Crippen molar-refractivity contribution in [1.29, 1.82) is 0 Å². The van der Waals surface area contributed by atoms with Crippen LogP contribution >= 0.6 is 23.2 Å². The molecule has 43 heavy (non-hydrogen) atoms. The summed E-state index contributed by atoms with van der Waals surface area (Å²) in [6.45, 7) is 4.03. The Balaban J connectivity index is 1.65. The molecule has 9 nitrogen and oxygen atoms in total. The van der Waals surface area contributed by atoms with Gasteiger partial charge in [-0.3, -0.25) is 4.79 Å². The van der Waals surface area contributed by atoms with Crippen molar-refractivity contribution in [3.8, 4) is 11.4 Å². The number of carbonyl (C=O) groups is 2. The summed E-state index contributed by atoms with van der Waals surface area (Å²) in [7, 11) is 1.60. The van der Waals surface area contributed by atoms with Gasteiger partial charge in [0.05, 0.1) is 49.3 Å². The molecule has 1 atom stereocenters. The minimum absolute atomic E-state index is 0.0851. The number of hydroxylamine groups is 2. The van der Waals surface area contributed by atoms with Crippen molar-refractivity contribution in [2.24, 2.45) is 0 Å². The molecular weight excluding hydrogens is 591 g/mol. The summed E-state index contributed by atoms with van der Waals surface area (Å²) in [5.74, 6) is 0.321. The van der Waals surface area contributed by atoms with Crippen LogP contribution in [-0.2, 0) is 16.1 Å². The largest absolute Gasteiger partial charge is 0.527 e. The normalized spacial score (nSPS) is 14.6. The second-order valence-electron chi connectivity index (χ2n) is 9.80. The highest BCUT2D eigenvalue weighted by Gasteiger charge is 2.34. The fourth-order valence-electron chi connectivity index (χ4n) is 4.86. The number of methoxy groups -OCH3 is 1. The van der Waals surface area contributed by atoms with E-state index in [0.29, 0.717) is 32.7 Å². The zero-order valence-electron chi connectivity index (χ0n) is 23.8. The fraction of sp³-hybridized carbons (Fsp3) is 0.219. The Hall–Kier alpha value is -4.31. The van der Waals surface area contributed by atoms with E-state index in [-0.39, 0.29) is 31.4 Å². The van der Waals surface area contributed by atoms with Crippen LogP contribution in [0.1, 0.15) is 52.8 Å². The maximum absolute atomic E-state index is 13.8. The molecule has 1 amide bonds. The lowest BCUT2D eigenvalue weighted by atomic mass is 9.98. The summed E-state index contributed by atoms with van der Waals surface area (Å²) in [4.78, 5) is 31.7. The van der Waals surface area contributed by atoms with E-state index in [1.807, 2.05) is 67.6 Å². The Kier molecular flexibility index (Phi) is 9.35. The molecule has 1 N–H and O–H groups in total. The highest BCUT2D eigenvalue weighted by atomic mass is 35.5. The number of hydrogen-bond donors (Lipinski definition) is 1. The van der Waals surface area contributed by atoms with Crippen LogP contribution in [0.4, 0.5) is 4.79 Å². The number of halogens is 2. The molecule has 1 aromatic heterocycles. The second-order valence-corrected chi connectivity index (χ2v) is 10.6. The zero-order chi connectivity index (χ0) is 30.5. The van der Waals surface area contributed by atoms with Crippen molar-refractivity contribution in [2.45, 2.75) is 26.4 Å². The van der Waals surface area contributed by atoms with E-state index in [4.69, 9.17) is 42.6 Å². The summed E-state index contributed by atoms with van der Waals surface area (Å²) in [6, 6.07) is 21.9. The average molecular weight is 622 g/mol. The predicted octanol–water partition coefficient (Wildman–Crippen LogP) is 7.12. The average Bonchev–Trinajstić information content (AvgIpc) is 3.37. The Morgan fingerprint density at radius 1 is 1.05 bits per heavy atom. The molecule has 1 aliphatic heterocycles. The molecule has 0 bridgehead atoms. The van der Waals surface area contributed by atoms with Crippen LogP contribution in [0.15, 0.2) is 72.8 Å². The first-order valence-corrected chi connectivity index (χ1v) is 14.4. The number of rotatable bonds is 8. The van der Waals surface area contributed by atoms with E-state index in [2.05, 4.69) is 5.32 Å². The van der Waals surface area contributed by atoms with Crippen LogP contribution in [0.3, 0.4) is 0 Å². The SMILES string of the molecule is CCOC(=O)ON1C/C(=C\c2ccc(OC)cc2)c2c(c(C(=O)N[C@H](C)c3ccccc3)nn2-c2ccc(Cl)cc2Cl)C1. The number of aromatic nitrogens is 2. The van der Waals surface area contributed by atoms with Crippen molar-refractivity contribution in [3.05, 3.63) is 111 Å². The fourth-order valence-corrected chi connectivity index (χ4v) is 5.34. The number of amides is 1. The van der Waals surface area contributed by atoms with E-state index in [1.54, 1.807) is 36.9 Å². The first-order valence-electron chi connectivity index (χ1n) is 13.6. The van der Waals surface area contributed by atoms with Gasteiger partial charge in [0, 0.05) is 10.6 Å². The van der Waals surface area contributed by atoms with Crippen molar-refractivity contribution >= 4 is 46.9 Å². The quantitative estimate of drug-likeness (QED) is 0.209. The number of hydrogen-bond acceptors (Lipinski definition) is 7. The van der Waals surface area contributed by atoms with Crippen molar-refractivity contribution in [1.82, 2.24) is 20.2 Å². The van der Waals surface area contributed by atoms with E-state index in [9.17, 15) is 9.59 Å². The smallest absolute Gasteiger partial charge is 0.497 e. The molecule has 11 heteroatoms. The molecule has 2 heterocycles. The van der Waals surface area contributed by atoms with Crippen LogP contribution < -0.4 is 10.1 Å².